The van der Waals surface area contributed by atoms with Crippen LogP contribution in [0.2, 0.25) is 10.0 Å². The quantitative estimate of drug-likeness (QED) is 0.748. The van der Waals surface area contributed by atoms with Gasteiger partial charge in [-0.1, -0.05) is 29.3 Å². The Bertz CT molecular complexity index is 823. The number of methoxy groups -OCH3 is 2. The van der Waals surface area contributed by atoms with Crippen LogP contribution in [0, 0.1) is 0 Å². The third-order valence-corrected chi connectivity index (χ3v) is 5.28. The number of ether oxygens (including phenoxy) is 2. The second-order valence-electron chi connectivity index (χ2n) is 6.28. The highest BCUT2D eigenvalue weighted by molar-refractivity contribution is 6.35. The number of aryl methyl sites for hydroxylation is 1. The number of amides is 1. The fourth-order valence-electron chi connectivity index (χ4n) is 3.22. The summed E-state index contributed by atoms with van der Waals surface area (Å²) in [5.41, 5.74) is 3.24. The van der Waals surface area contributed by atoms with Crippen molar-refractivity contribution in [3.63, 3.8) is 0 Å². The van der Waals surface area contributed by atoms with Crippen molar-refractivity contribution in [2.75, 3.05) is 20.8 Å². The molecule has 0 saturated carbocycles. The maximum absolute atomic E-state index is 12.6. The van der Waals surface area contributed by atoms with Crippen LogP contribution in [0.3, 0.4) is 0 Å². The molecule has 0 aliphatic carbocycles. The summed E-state index contributed by atoms with van der Waals surface area (Å²) < 4.78 is 10.7. The van der Waals surface area contributed by atoms with Crippen molar-refractivity contribution < 1.29 is 14.3 Å². The highest BCUT2D eigenvalue weighted by atomic mass is 35.5. The van der Waals surface area contributed by atoms with E-state index in [9.17, 15) is 4.79 Å². The van der Waals surface area contributed by atoms with E-state index in [1.807, 2.05) is 23.1 Å². The second kappa shape index (κ2) is 8.19. The van der Waals surface area contributed by atoms with E-state index in [0.717, 1.165) is 23.3 Å². The zero-order chi connectivity index (χ0) is 18.7. The van der Waals surface area contributed by atoms with E-state index in [2.05, 4.69) is 0 Å². The minimum absolute atomic E-state index is 0.122. The van der Waals surface area contributed by atoms with Crippen molar-refractivity contribution in [1.29, 1.82) is 0 Å². The average molecular weight is 394 g/mol. The molecule has 0 unspecified atom stereocenters. The molecule has 0 N–H and O–H groups in total. The molecule has 1 aliphatic heterocycles. The first-order valence-electron chi connectivity index (χ1n) is 8.47. The van der Waals surface area contributed by atoms with Gasteiger partial charge in [0.25, 0.3) is 0 Å². The number of fused-ring (bicyclic) bond motifs is 1. The number of carbonyl (C=O) groups is 1. The van der Waals surface area contributed by atoms with Crippen LogP contribution in [0.1, 0.15) is 23.1 Å². The molecule has 3 rings (SSSR count). The first-order chi connectivity index (χ1) is 12.5. The summed E-state index contributed by atoms with van der Waals surface area (Å²) in [5, 5.41) is 1.20. The van der Waals surface area contributed by atoms with Crippen molar-refractivity contribution in [2.24, 2.45) is 0 Å². The molecule has 138 valence electrons. The van der Waals surface area contributed by atoms with Gasteiger partial charge in [-0.25, -0.2) is 0 Å². The van der Waals surface area contributed by atoms with E-state index in [1.165, 1.54) is 5.56 Å². The summed E-state index contributed by atoms with van der Waals surface area (Å²) >= 11 is 12.1. The fourth-order valence-corrected chi connectivity index (χ4v) is 3.72. The third kappa shape index (κ3) is 4.08. The SMILES string of the molecule is COc1cc2c(cc1OC)CN(C(=O)CCc1ccc(Cl)cc1Cl)CC2. The summed E-state index contributed by atoms with van der Waals surface area (Å²) in [7, 11) is 3.25. The van der Waals surface area contributed by atoms with Gasteiger partial charge in [-0.2, -0.15) is 0 Å². The van der Waals surface area contributed by atoms with Crippen molar-refractivity contribution in [2.45, 2.75) is 25.8 Å². The van der Waals surface area contributed by atoms with E-state index < -0.39 is 0 Å². The Morgan fingerprint density at radius 1 is 1.08 bits per heavy atom. The van der Waals surface area contributed by atoms with Gasteiger partial charge in [-0.3, -0.25) is 4.79 Å². The molecule has 2 aromatic rings. The maximum Gasteiger partial charge on any atom is 0.223 e. The molecule has 1 heterocycles. The van der Waals surface area contributed by atoms with Crippen LogP contribution in [0.5, 0.6) is 11.5 Å². The van der Waals surface area contributed by atoms with Crippen molar-refractivity contribution in [3.05, 3.63) is 57.1 Å². The number of hydrogen-bond acceptors (Lipinski definition) is 3. The number of halogens is 2. The molecule has 1 amide bonds. The van der Waals surface area contributed by atoms with E-state index in [-0.39, 0.29) is 5.91 Å². The normalized spacial score (nSPS) is 13.3. The highest BCUT2D eigenvalue weighted by Gasteiger charge is 2.22. The van der Waals surface area contributed by atoms with Gasteiger partial charge >= 0.3 is 0 Å². The van der Waals surface area contributed by atoms with Crippen LogP contribution in [-0.4, -0.2) is 31.6 Å². The number of hydrogen-bond donors (Lipinski definition) is 0. The summed E-state index contributed by atoms with van der Waals surface area (Å²) in [6.07, 6.45) is 1.83. The zero-order valence-electron chi connectivity index (χ0n) is 14.9. The Hall–Kier alpha value is -1.91. The minimum Gasteiger partial charge on any atom is -0.493 e. The van der Waals surface area contributed by atoms with Crippen LogP contribution in [-0.2, 0) is 24.2 Å². The number of carbonyl (C=O) groups excluding carboxylic acids is 1. The summed E-state index contributed by atoms with van der Waals surface area (Å²) in [5.74, 6) is 1.54. The predicted molar refractivity (Wildman–Crippen MR) is 103 cm³/mol. The smallest absolute Gasteiger partial charge is 0.223 e. The van der Waals surface area contributed by atoms with Crippen molar-refractivity contribution >= 4 is 29.1 Å². The Morgan fingerprint density at radius 3 is 2.42 bits per heavy atom. The van der Waals surface area contributed by atoms with Crippen LogP contribution in [0.15, 0.2) is 30.3 Å². The lowest BCUT2D eigenvalue weighted by Crippen LogP contribution is -2.36. The van der Waals surface area contributed by atoms with E-state index in [4.69, 9.17) is 32.7 Å². The monoisotopic (exact) mass is 393 g/mol. The number of rotatable bonds is 5. The molecule has 0 aromatic heterocycles. The molecular formula is C20H21Cl2NO3. The topological polar surface area (TPSA) is 38.8 Å². The number of nitrogens with zero attached hydrogens (tertiary/aromatic N) is 1. The maximum atomic E-state index is 12.6. The summed E-state index contributed by atoms with van der Waals surface area (Å²) in [6.45, 7) is 1.29. The first-order valence-corrected chi connectivity index (χ1v) is 9.23. The van der Waals surface area contributed by atoms with Gasteiger partial charge < -0.3 is 14.4 Å². The molecule has 0 atom stereocenters. The fraction of sp³-hybridized carbons (Fsp3) is 0.350. The van der Waals surface area contributed by atoms with Crippen LogP contribution in [0.4, 0.5) is 0 Å². The molecule has 26 heavy (non-hydrogen) atoms. The molecule has 0 radical (unpaired) electrons. The van der Waals surface area contributed by atoms with Gasteiger partial charge in [0.05, 0.1) is 14.2 Å². The second-order valence-corrected chi connectivity index (χ2v) is 7.12. The van der Waals surface area contributed by atoms with Crippen LogP contribution < -0.4 is 9.47 Å². The highest BCUT2D eigenvalue weighted by Crippen LogP contribution is 2.33. The molecule has 6 heteroatoms. The lowest BCUT2D eigenvalue weighted by atomic mass is 9.98. The lowest BCUT2D eigenvalue weighted by Gasteiger charge is -2.29. The van der Waals surface area contributed by atoms with Gasteiger partial charge in [0.1, 0.15) is 0 Å². The summed E-state index contributed by atoms with van der Waals surface area (Å²) in [6, 6.07) is 9.34. The Morgan fingerprint density at radius 2 is 1.77 bits per heavy atom. The largest absolute Gasteiger partial charge is 0.493 e. The molecule has 0 fully saturated rings. The van der Waals surface area contributed by atoms with Crippen LogP contribution >= 0.6 is 23.2 Å². The van der Waals surface area contributed by atoms with Gasteiger partial charge in [-0.15, -0.1) is 0 Å². The Kier molecular flexibility index (Phi) is 5.94. The molecule has 4 nitrogen and oxygen atoms in total. The minimum atomic E-state index is 0.122. The van der Waals surface area contributed by atoms with Crippen LogP contribution in [0.25, 0.3) is 0 Å². The van der Waals surface area contributed by atoms with E-state index >= 15 is 0 Å². The van der Waals surface area contributed by atoms with Gasteiger partial charge in [-0.05, 0) is 53.8 Å². The van der Waals surface area contributed by atoms with Gasteiger partial charge in [0.2, 0.25) is 5.91 Å². The first kappa shape index (κ1) is 18.9. The predicted octanol–water partition coefficient (Wildman–Crippen LogP) is 4.53. The molecule has 0 bridgehead atoms. The lowest BCUT2D eigenvalue weighted by molar-refractivity contribution is -0.132. The van der Waals surface area contributed by atoms with E-state index in [1.54, 1.807) is 26.4 Å². The Labute approximate surface area is 163 Å². The third-order valence-electron chi connectivity index (χ3n) is 4.69. The molecule has 1 aliphatic rings. The van der Waals surface area contributed by atoms with Gasteiger partial charge in [0, 0.05) is 29.6 Å². The van der Waals surface area contributed by atoms with E-state index in [0.29, 0.717) is 41.7 Å². The zero-order valence-corrected chi connectivity index (χ0v) is 16.4. The van der Waals surface area contributed by atoms with Gasteiger partial charge in [0.15, 0.2) is 11.5 Å². The van der Waals surface area contributed by atoms with Crippen molar-refractivity contribution in [1.82, 2.24) is 4.90 Å². The molecule has 0 saturated heterocycles. The Balaban J connectivity index is 1.67. The molecule has 0 spiro atoms. The average Bonchev–Trinajstić information content (AvgIpc) is 2.65. The summed E-state index contributed by atoms with van der Waals surface area (Å²) in [4.78, 5) is 14.5. The molecular weight excluding hydrogens is 373 g/mol. The standard InChI is InChI=1S/C20H21Cl2NO3/c1-25-18-9-14-7-8-23(12-15(14)10-19(18)26-2)20(24)6-4-13-3-5-16(21)11-17(13)22/h3,5,9-11H,4,6-8,12H2,1-2H3. The molecule has 2 aromatic carbocycles. The number of benzene rings is 2. The van der Waals surface area contributed by atoms with Crippen molar-refractivity contribution in [3.8, 4) is 11.5 Å².